The number of aromatic nitrogens is 2. The molecular formula is C28H21N3. The fraction of sp³-hybridized carbons (Fsp3) is 0. The molecule has 3 nitrogen and oxygen atoms in total. The van der Waals surface area contributed by atoms with E-state index < -0.39 is 0 Å². The van der Waals surface area contributed by atoms with Crippen molar-refractivity contribution in [2.75, 3.05) is 4.90 Å². The molecule has 0 fully saturated rings. The van der Waals surface area contributed by atoms with Crippen LogP contribution in [0.25, 0.3) is 22.5 Å². The van der Waals surface area contributed by atoms with Gasteiger partial charge in [-0.05, 0) is 54.6 Å². The molecule has 0 saturated heterocycles. The van der Waals surface area contributed by atoms with Crippen LogP contribution in [0.4, 0.5) is 17.1 Å². The van der Waals surface area contributed by atoms with Gasteiger partial charge in [-0.3, -0.25) is 9.97 Å². The first kappa shape index (κ1) is 18.8. The van der Waals surface area contributed by atoms with E-state index in [1.807, 2.05) is 54.9 Å². The summed E-state index contributed by atoms with van der Waals surface area (Å²) in [5.41, 5.74) is 7.16. The lowest BCUT2D eigenvalue weighted by atomic mass is 9.97. The zero-order valence-electron chi connectivity index (χ0n) is 17.0. The second kappa shape index (κ2) is 8.64. The molecule has 3 heteroatoms. The van der Waals surface area contributed by atoms with Crippen molar-refractivity contribution in [2.45, 2.75) is 0 Å². The van der Waals surface area contributed by atoms with Crippen molar-refractivity contribution >= 4 is 17.1 Å². The predicted molar refractivity (Wildman–Crippen MR) is 128 cm³/mol. The molecular weight excluding hydrogens is 378 g/mol. The van der Waals surface area contributed by atoms with Gasteiger partial charge in [-0.25, -0.2) is 0 Å². The highest BCUT2D eigenvalue weighted by molar-refractivity contribution is 5.94. The van der Waals surface area contributed by atoms with Crippen LogP contribution in [0.5, 0.6) is 0 Å². The highest BCUT2D eigenvalue weighted by atomic mass is 15.1. The molecule has 31 heavy (non-hydrogen) atoms. The van der Waals surface area contributed by atoms with Gasteiger partial charge in [0.25, 0.3) is 0 Å². The maximum Gasteiger partial charge on any atom is 0.0729 e. The Balaban J connectivity index is 1.82. The Hall–Kier alpha value is -4.24. The fourth-order valence-electron chi connectivity index (χ4n) is 3.82. The minimum absolute atomic E-state index is 0.913. The lowest BCUT2D eigenvalue weighted by Gasteiger charge is -2.28. The summed E-state index contributed by atoms with van der Waals surface area (Å²) in [5.74, 6) is 0. The van der Waals surface area contributed by atoms with Gasteiger partial charge in [0.2, 0.25) is 0 Å². The first-order valence-electron chi connectivity index (χ1n) is 10.3. The van der Waals surface area contributed by atoms with Crippen LogP contribution in [0.2, 0.25) is 0 Å². The average Bonchev–Trinajstić information content (AvgIpc) is 2.86. The zero-order chi connectivity index (χ0) is 20.9. The molecule has 0 N–H and O–H groups in total. The highest BCUT2D eigenvalue weighted by Gasteiger charge is 2.21. The van der Waals surface area contributed by atoms with Gasteiger partial charge in [-0.1, -0.05) is 60.7 Å². The zero-order valence-corrected chi connectivity index (χ0v) is 17.0. The second-order valence-corrected chi connectivity index (χ2v) is 7.14. The number of pyridine rings is 2. The second-order valence-electron chi connectivity index (χ2n) is 7.14. The van der Waals surface area contributed by atoms with Gasteiger partial charge >= 0.3 is 0 Å². The Labute approximate surface area is 182 Å². The minimum atomic E-state index is 0.913. The van der Waals surface area contributed by atoms with Crippen LogP contribution >= 0.6 is 0 Å². The third-order valence-electron chi connectivity index (χ3n) is 5.17. The minimum Gasteiger partial charge on any atom is -0.310 e. The molecule has 5 rings (SSSR count). The molecule has 0 aliphatic carbocycles. The molecule has 3 aromatic carbocycles. The lowest BCUT2D eigenvalue weighted by molar-refractivity contribution is 1.25. The van der Waals surface area contributed by atoms with Crippen LogP contribution in [-0.2, 0) is 0 Å². The number of hydrogen-bond acceptors (Lipinski definition) is 3. The maximum atomic E-state index is 4.71. The van der Waals surface area contributed by atoms with Gasteiger partial charge in [0.05, 0.1) is 17.1 Å². The van der Waals surface area contributed by atoms with Crippen LogP contribution < -0.4 is 4.90 Å². The van der Waals surface area contributed by atoms with Crippen LogP contribution in [0.3, 0.4) is 0 Å². The summed E-state index contributed by atoms with van der Waals surface area (Å²) in [7, 11) is 0. The van der Waals surface area contributed by atoms with E-state index in [1.165, 1.54) is 0 Å². The summed E-state index contributed by atoms with van der Waals surface area (Å²) >= 11 is 0. The average molecular weight is 399 g/mol. The molecule has 5 aromatic rings. The van der Waals surface area contributed by atoms with Gasteiger partial charge in [0.15, 0.2) is 0 Å². The van der Waals surface area contributed by atoms with Crippen LogP contribution in [0, 0.1) is 0 Å². The van der Waals surface area contributed by atoms with E-state index in [-0.39, 0.29) is 0 Å². The molecule has 148 valence electrons. The Bertz CT molecular complexity index is 1220. The number of hydrogen-bond donors (Lipinski definition) is 0. The van der Waals surface area contributed by atoms with E-state index in [0.717, 1.165) is 39.6 Å². The molecule has 0 aliphatic rings. The molecule has 0 atom stereocenters. The SMILES string of the molecule is c1ccc(N(c2ccccc2)c2cccc(-c3ccccn3)c2-c2ccccn2)cc1. The fourth-order valence-corrected chi connectivity index (χ4v) is 3.82. The third kappa shape index (κ3) is 3.81. The van der Waals surface area contributed by atoms with E-state index >= 15 is 0 Å². The summed E-state index contributed by atoms with van der Waals surface area (Å²) in [6.45, 7) is 0. The van der Waals surface area contributed by atoms with E-state index in [0.29, 0.717) is 0 Å². The van der Waals surface area contributed by atoms with E-state index in [1.54, 1.807) is 0 Å². The topological polar surface area (TPSA) is 29.0 Å². The van der Waals surface area contributed by atoms with Crippen LogP contribution in [0.1, 0.15) is 0 Å². The molecule has 0 spiro atoms. The quantitative estimate of drug-likeness (QED) is 0.311. The smallest absolute Gasteiger partial charge is 0.0729 e. The molecule has 2 heterocycles. The Morgan fingerprint density at radius 1 is 0.452 bits per heavy atom. The van der Waals surface area contributed by atoms with Gasteiger partial charge < -0.3 is 4.90 Å². The van der Waals surface area contributed by atoms with Crippen LogP contribution in [0.15, 0.2) is 128 Å². The monoisotopic (exact) mass is 399 g/mol. The number of benzene rings is 3. The number of rotatable bonds is 5. The highest BCUT2D eigenvalue weighted by Crippen LogP contribution is 2.44. The van der Waals surface area contributed by atoms with Crippen molar-refractivity contribution in [3.8, 4) is 22.5 Å². The normalized spacial score (nSPS) is 10.6. The first-order valence-corrected chi connectivity index (χ1v) is 10.3. The molecule has 0 aliphatic heterocycles. The van der Waals surface area contributed by atoms with Gasteiger partial charge in [-0.2, -0.15) is 0 Å². The Kier molecular flexibility index (Phi) is 5.23. The molecule has 0 unspecified atom stereocenters. The van der Waals surface area contributed by atoms with Gasteiger partial charge in [-0.15, -0.1) is 0 Å². The number of anilines is 3. The summed E-state index contributed by atoms with van der Waals surface area (Å²) in [4.78, 5) is 11.6. The molecule has 0 bridgehead atoms. The van der Waals surface area contributed by atoms with E-state index in [2.05, 4.69) is 82.7 Å². The largest absolute Gasteiger partial charge is 0.310 e. The van der Waals surface area contributed by atoms with Crippen molar-refractivity contribution in [2.24, 2.45) is 0 Å². The molecule has 0 saturated carbocycles. The van der Waals surface area contributed by atoms with Crippen molar-refractivity contribution in [3.63, 3.8) is 0 Å². The van der Waals surface area contributed by atoms with Gasteiger partial charge in [0.1, 0.15) is 0 Å². The standard InChI is InChI=1S/C28H21N3/c1-3-12-22(13-4-1)31(23-14-5-2-6-15-23)27-19-11-16-24(25-17-7-9-20-29-25)28(27)26-18-8-10-21-30-26/h1-21H. The van der Waals surface area contributed by atoms with E-state index in [9.17, 15) is 0 Å². The molecule has 2 aromatic heterocycles. The Morgan fingerprint density at radius 2 is 1.00 bits per heavy atom. The predicted octanol–water partition coefficient (Wildman–Crippen LogP) is 7.28. The third-order valence-corrected chi connectivity index (χ3v) is 5.17. The lowest BCUT2D eigenvalue weighted by Crippen LogP contribution is -2.11. The van der Waals surface area contributed by atoms with Crippen LogP contribution in [-0.4, -0.2) is 9.97 Å². The van der Waals surface area contributed by atoms with Crippen molar-refractivity contribution in [1.29, 1.82) is 0 Å². The number of para-hydroxylation sites is 2. The summed E-state index contributed by atoms with van der Waals surface area (Å²) in [5, 5.41) is 0. The maximum absolute atomic E-state index is 4.71. The first-order chi connectivity index (χ1) is 15.4. The van der Waals surface area contributed by atoms with Gasteiger partial charge in [0, 0.05) is 34.9 Å². The summed E-state index contributed by atoms with van der Waals surface area (Å²) < 4.78 is 0. The van der Waals surface area contributed by atoms with Crippen molar-refractivity contribution in [1.82, 2.24) is 9.97 Å². The van der Waals surface area contributed by atoms with Crippen molar-refractivity contribution < 1.29 is 0 Å². The molecule has 0 radical (unpaired) electrons. The number of nitrogens with zero attached hydrogens (tertiary/aromatic N) is 3. The summed E-state index contributed by atoms with van der Waals surface area (Å²) in [6, 6.07) is 39.2. The molecule has 0 amide bonds. The Morgan fingerprint density at radius 3 is 1.55 bits per heavy atom. The summed E-state index contributed by atoms with van der Waals surface area (Å²) in [6.07, 6.45) is 3.67. The van der Waals surface area contributed by atoms with E-state index in [4.69, 9.17) is 4.98 Å². The van der Waals surface area contributed by atoms with Crippen molar-refractivity contribution in [3.05, 3.63) is 128 Å².